The van der Waals surface area contributed by atoms with Crippen LogP contribution in [-0.4, -0.2) is 20.1 Å². The Bertz CT molecular complexity index is 686. The number of ether oxygens (including phenoxy) is 1. The molecule has 0 aliphatic heterocycles. The van der Waals surface area contributed by atoms with Gasteiger partial charge in [0.25, 0.3) is 0 Å². The monoisotopic (exact) mass is 327 g/mol. The molecule has 0 spiro atoms. The number of nitrogen functional groups attached to an aromatic ring is 1. The molecule has 24 heavy (non-hydrogen) atoms. The third-order valence-corrected chi connectivity index (χ3v) is 3.14. The van der Waals surface area contributed by atoms with Crippen LogP contribution >= 0.6 is 0 Å². The van der Waals surface area contributed by atoms with Gasteiger partial charge in [-0.1, -0.05) is 6.08 Å². The average Bonchev–Trinajstić information content (AvgIpc) is 2.56. The Balaban J connectivity index is 2.77. The van der Waals surface area contributed by atoms with Gasteiger partial charge in [-0.2, -0.15) is 0 Å². The average molecular weight is 327 g/mol. The van der Waals surface area contributed by atoms with Crippen molar-refractivity contribution in [1.82, 2.24) is 5.32 Å². The minimum Gasteiger partial charge on any atom is -0.497 e. The number of methoxy groups -OCH3 is 1. The van der Waals surface area contributed by atoms with Crippen molar-refractivity contribution in [2.24, 2.45) is 0 Å². The number of nitrogens with two attached hydrogens (primary N) is 1. The summed E-state index contributed by atoms with van der Waals surface area (Å²) in [4.78, 5) is 12.0. The van der Waals surface area contributed by atoms with E-state index >= 15 is 0 Å². The van der Waals surface area contributed by atoms with Gasteiger partial charge in [-0.3, -0.25) is 4.79 Å². The lowest BCUT2D eigenvalue weighted by molar-refractivity contribution is -0.115. The molecule has 5 nitrogen and oxygen atoms in total. The number of anilines is 2. The molecule has 0 saturated carbocycles. The molecule has 0 heterocycles. The van der Waals surface area contributed by atoms with E-state index in [-0.39, 0.29) is 5.91 Å². The number of carbonyl (C=O) groups excluding carboxylic acids is 1. The van der Waals surface area contributed by atoms with Crippen molar-refractivity contribution in [3.05, 3.63) is 65.6 Å². The largest absolute Gasteiger partial charge is 0.497 e. The third kappa shape index (κ3) is 6.44. The fourth-order valence-electron chi connectivity index (χ4n) is 1.95. The third-order valence-electron chi connectivity index (χ3n) is 3.14. The first kappa shape index (κ1) is 19.1. The van der Waals surface area contributed by atoms with Gasteiger partial charge < -0.3 is 21.1 Å². The first-order valence-corrected chi connectivity index (χ1v) is 7.61. The van der Waals surface area contributed by atoms with E-state index in [9.17, 15) is 4.79 Å². The quantitative estimate of drug-likeness (QED) is 0.310. The minimum absolute atomic E-state index is 0.216. The van der Waals surface area contributed by atoms with Gasteiger partial charge >= 0.3 is 0 Å². The number of amides is 1. The van der Waals surface area contributed by atoms with Gasteiger partial charge in [0.05, 0.1) is 7.11 Å². The van der Waals surface area contributed by atoms with Crippen LogP contribution in [0.1, 0.15) is 19.4 Å². The van der Waals surface area contributed by atoms with Crippen molar-refractivity contribution in [3.63, 3.8) is 0 Å². The molecule has 1 amide bonds. The summed E-state index contributed by atoms with van der Waals surface area (Å²) in [7, 11) is 3.42. The maximum absolute atomic E-state index is 12.0. The molecule has 0 radical (unpaired) electrons. The van der Waals surface area contributed by atoms with E-state index in [1.54, 1.807) is 31.4 Å². The summed E-state index contributed by atoms with van der Waals surface area (Å²) in [6, 6.07) is 5.49. The van der Waals surface area contributed by atoms with Crippen molar-refractivity contribution in [1.29, 1.82) is 0 Å². The zero-order valence-corrected chi connectivity index (χ0v) is 14.6. The molecular formula is C19H25N3O2. The topological polar surface area (TPSA) is 76.4 Å². The predicted octanol–water partition coefficient (Wildman–Crippen LogP) is 3.45. The first-order valence-electron chi connectivity index (χ1n) is 7.61. The molecule has 0 aliphatic rings. The van der Waals surface area contributed by atoms with Crippen molar-refractivity contribution >= 4 is 23.4 Å². The summed E-state index contributed by atoms with van der Waals surface area (Å²) >= 11 is 0. The van der Waals surface area contributed by atoms with Gasteiger partial charge in [-0.05, 0) is 61.9 Å². The zero-order chi connectivity index (χ0) is 17.9. The van der Waals surface area contributed by atoms with Crippen molar-refractivity contribution in [2.75, 3.05) is 25.2 Å². The molecule has 0 atom stereocenters. The standard InChI is InChI=1S/C19H25N3O2/c1-5-6-17(24-4)10-7-14(2)22-19(23)12-8-15-13-16(20)9-11-18(15)21-3/h5-13,21H,20H2,1-4H3,(H,22,23)/b6-5-,12-8+,14-7+,17-10+. The summed E-state index contributed by atoms with van der Waals surface area (Å²) in [5.74, 6) is 0.492. The number of rotatable bonds is 7. The van der Waals surface area contributed by atoms with E-state index < -0.39 is 0 Å². The Kier molecular flexibility index (Phi) is 7.91. The number of nitrogens with one attached hydrogen (secondary N) is 2. The van der Waals surface area contributed by atoms with Crippen molar-refractivity contribution in [3.8, 4) is 0 Å². The molecule has 1 aromatic carbocycles. The van der Waals surface area contributed by atoms with Gasteiger partial charge in [0.1, 0.15) is 5.76 Å². The fourth-order valence-corrected chi connectivity index (χ4v) is 1.95. The van der Waals surface area contributed by atoms with Crippen LogP contribution in [-0.2, 0) is 9.53 Å². The molecule has 0 unspecified atom stereocenters. The highest BCUT2D eigenvalue weighted by molar-refractivity contribution is 5.93. The zero-order valence-electron chi connectivity index (χ0n) is 14.6. The Morgan fingerprint density at radius 2 is 2.00 bits per heavy atom. The highest BCUT2D eigenvalue weighted by Crippen LogP contribution is 2.19. The summed E-state index contributed by atoms with van der Waals surface area (Å²) in [5, 5.41) is 5.84. The summed E-state index contributed by atoms with van der Waals surface area (Å²) in [6.07, 6.45) is 10.5. The van der Waals surface area contributed by atoms with Crippen LogP contribution in [0.15, 0.2) is 60.0 Å². The predicted molar refractivity (Wildman–Crippen MR) is 101 cm³/mol. The maximum atomic E-state index is 12.0. The number of carbonyl (C=O) groups is 1. The molecule has 1 aromatic rings. The lowest BCUT2D eigenvalue weighted by Gasteiger charge is -2.06. The number of hydrogen-bond donors (Lipinski definition) is 3. The van der Waals surface area contributed by atoms with Gasteiger partial charge in [0, 0.05) is 30.2 Å². The van der Waals surface area contributed by atoms with Gasteiger partial charge in [-0.25, -0.2) is 0 Å². The molecule has 5 heteroatoms. The van der Waals surface area contributed by atoms with Crippen molar-refractivity contribution in [2.45, 2.75) is 13.8 Å². The van der Waals surface area contributed by atoms with Crippen molar-refractivity contribution < 1.29 is 9.53 Å². The van der Waals surface area contributed by atoms with Crippen LogP contribution in [0.25, 0.3) is 6.08 Å². The van der Waals surface area contributed by atoms with E-state index in [1.807, 2.05) is 45.2 Å². The van der Waals surface area contributed by atoms with E-state index in [4.69, 9.17) is 10.5 Å². The summed E-state index contributed by atoms with van der Waals surface area (Å²) < 4.78 is 5.17. The number of hydrogen-bond acceptors (Lipinski definition) is 4. The first-order chi connectivity index (χ1) is 11.5. The number of benzene rings is 1. The molecule has 0 fully saturated rings. The van der Waals surface area contributed by atoms with Crippen LogP contribution in [0.4, 0.5) is 11.4 Å². The molecule has 0 aromatic heterocycles. The van der Waals surface area contributed by atoms with Crippen LogP contribution in [0.3, 0.4) is 0 Å². The lowest BCUT2D eigenvalue weighted by Crippen LogP contribution is -2.18. The molecule has 1 rings (SSSR count). The molecular weight excluding hydrogens is 302 g/mol. The second-order valence-electron chi connectivity index (χ2n) is 5.04. The van der Waals surface area contributed by atoms with Crippen LogP contribution in [0.5, 0.6) is 0 Å². The van der Waals surface area contributed by atoms with E-state index in [1.165, 1.54) is 6.08 Å². The molecule has 0 bridgehead atoms. The Morgan fingerprint density at radius 1 is 1.25 bits per heavy atom. The fraction of sp³-hybridized carbons (Fsp3) is 0.211. The Morgan fingerprint density at radius 3 is 2.62 bits per heavy atom. The van der Waals surface area contributed by atoms with Crippen LogP contribution in [0.2, 0.25) is 0 Å². The Labute approximate surface area is 143 Å². The Hall–Kier alpha value is -2.95. The summed E-state index contributed by atoms with van der Waals surface area (Å²) in [6.45, 7) is 3.72. The highest BCUT2D eigenvalue weighted by atomic mass is 16.5. The van der Waals surface area contributed by atoms with Gasteiger partial charge in [0.15, 0.2) is 0 Å². The van der Waals surface area contributed by atoms with Gasteiger partial charge in [-0.15, -0.1) is 0 Å². The molecule has 4 N–H and O–H groups in total. The second kappa shape index (κ2) is 9.94. The molecule has 0 aliphatic carbocycles. The second-order valence-corrected chi connectivity index (χ2v) is 5.04. The van der Waals surface area contributed by atoms with Crippen LogP contribution < -0.4 is 16.4 Å². The van der Waals surface area contributed by atoms with E-state index in [0.717, 1.165) is 11.3 Å². The lowest BCUT2D eigenvalue weighted by atomic mass is 10.1. The maximum Gasteiger partial charge on any atom is 0.248 e. The van der Waals surface area contributed by atoms with Gasteiger partial charge in [0.2, 0.25) is 5.91 Å². The molecule has 128 valence electrons. The smallest absolute Gasteiger partial charge is 0.248 e. The van der Waals surface area contributed by atoms with E-state index in [0.29, 0.717) is 17.1 Å². The normalized spacial score (nSPS) is 12.7. The highest BCUT2D eigenvalue weighted by Gasteiger charge is 2.00. The number of allylic oxidation sites excluding steroid dienone is 5. The SMILES string of the molecule is C\C=C/C(=C\C=C(/C)NC(=O)/C=C/c1cc(N)ccc1NC)OC. The van der Waals surface area contributed by atoms with Crippen LogP contribution in [0, 0.1) is 0 Å². The minimum atomic E-state index is -0.216. The summed E-state index contributed by atoms with van der Waals surface area (Å²) in [5.41, 5.74) is 8.89. The van der Waals surface area contributed by atoms with E-state index in [2.05, 4.69) is 10.6 Å². The molecule has 0 saturated heterocycles.